The Morgan fingerprint density at radius 1 is 1.23 bits per heavy atom. The van der Waals surface area contributed by atoms with E-state index in [0.29, 0.717) is 0 Å². The quantitative estimate of drug-likeness (QED) is 0.410. The summed E-state index contributed by atoms with van der Waals surface area (Å²) in [5.41, 5.74) is 2.78. The Balaban J connectivity index is 0.00000242. The topological polar surface area (TPSA) is 36.4 Å². The summed E-state index contributed by atoms with van der Waals surface area (Å²) in [7, 11) is 1.84. The third-order valence-electron chi connectivity index (χ3n) is 3.88. The Labute approximate surface area is 156 Å². The molecule has 1 aromatic rings. The number of aryl methyl sites for hydroxylation is 1. The molecular formula is C17H28IN3S. The van der Waals surface area contributed by atoms with Gasteiger partial charge in [-0.15, -0.1) is 24.0 Å². The number of hydrogen-bond acceptors (Lipinski definition) is 2. The minimum absolute atomic E-state index is 0. The van der Waals surface area contributed by atoms with E-state index in [1.54, 1.807) is 0 Å². The van der Waals surface area contributed by atoms with Gasteiger partial charge in [0.05, 0.1) is 0 Å². The van der Waals surface area contributed by atoms with Crippen molar-refractivity contribution in [3.05, 3.63) is 35.4 Å². The fourth-order valence-corrected chi connectivity index (χ4v) is 3.70. The maximum atomic E-state index is 4.29. The summed E-state index contributed by atoms with van der Waals surface area (Å²) < 4.78 is 0. The van der Waals surface area contributed by atoms with Gasteiger partial charge >= 0.3 is 0 Å². The van der Waals surface area contributed by atoms with Crippen LogP contribution < -0.4 is 10.6 Å². The first-order valence-electron chi connectivity index (χ1n) is 7.95. The maximum absolute atomic E-state index is 4.29. The molecule has 0 aliphatic carbocycles. The van der Waals surface area contributed by atoms with Crippen molar-refractivity contribution in [3.8, 4) is 0 Å². The Kier molecular flexibility index (Phi) is 9.95. The van der Waals surface area contributed by atoms with E-state index >= 15 is 0 Å². The van der Waals surface area contributed by atoms with Gasteiger partial charge in [0, 0.05) is 25.4 Å². The highest BCUT2D eigenvalue weighted by atomic mass is 127. The molecule has 0 aromatic heterocycles. The molecule has 1 fully saturated rings. The van der Waals surface area contributed by atoms with Gasteiger partial charge in [0.15, 0.2) is 5.96 Å². The number of aliphatic imine (C=N–C) groups is 1. The molecule has 1 aliphatic rings. The molecule has 2 N–H and O–H groups in total. The number of nitrogens with one attached hydrogen (secondary N) is 2. The molecule has 1 atom stereocenters. The number of nitrogens with zero attached hydrogens (tertiary/aromatic N) is 1. The van der Waals surface area contributed by atoms with Gasteiger partial charge in [-0.2, -0.15) is 11.8 Å². The van der Waals surface area contributed by atoms with E-state index in [-0.39, 0.29) is 24.0 Å². The van der Waals surface area contributed by atoms with Gasteiger partial charge in [0.25, 0.3) is 0 Å². The first-order chi connectivity index (χ1) is 10.3. The van der Waals surface area contributed by atoms with E-state index in [2.05, 4.69) is 58.6 Å². The molecule has 1 unspecified atom stereocenters. The van der Waals surface area contributed by atoms with Crippen LogP contribution in [0.4, 0.5) is 0 Å². The first-order valence-corrected chi connectivity index (χ1v) is 9.00. The third kappa shape index (κ3) is 6.77. The van der Waals surface area contributed by atoms with Gasteiger partial charge in [-0.05, 0) is 42.6 Å². The zero-order valence-corrected chi connectivity index (χ0v) is 16.7. The van der Waals surface area contributed by atoms with Crippen LogP contribution in [0.15, 0.2) is 29.3 Å². The van der Waals surface area contributed by atoms with Crippen molar-refractivity contribution >= 4 is 41.7 Å². The summed E-state index contributed by atoms with van der Waals surface area (Å²) in [5, 5.41) is 7.59. The predicted molar refractivity (Wildman–Crippen MR) is 110 cm³/mol. The maximum Gasteiger partial charge on any atom is 0.191 e. The average molecular weight is 433 g/mol. The largest absolute Gasteiger partial charge is 0.356 e. The Morgan fingerprint density at radius 3 is 2.55 bits per heavy atom. The van der Waals surface area contributed by atoms with E-state index in [9.17, 15) is 0 Å². The molecule has 5 heteroatoms. The molecule has 1 aliphatic heterocycles. The predicted octanol–water partition coefficient (Wildman–Crippen LogP) is 3.47. The van der Waals surface area contributed by atoms with Gasteiger partial charge in [-0.1, -0.05) is 31.2 Å². The van der Waals surface area contributed by atoms with Crippen molar-refractivity contribution in [1.82, 2.24) is 10.6 Å². The summed E-state index contributed by atoms with van der Waals surface area (Å²) in [6.45, 7) is 4.13. The molecule has 3 nitrogen and oxygen atoms in total. The summed E-state index contributed by atoms with van der Waals surface area (Å²) in [4.78, 5) is 4.29. The lowest BCUT2D eigenvalue weighted by molar-refractivity contribution is 0.724. The van der Waals surface area contributed by atoms with Crippen LogP contribution in [0.2, 0.25) is 0 Å². The van der Waals surface area contributed by atoms with Gasteiger partial charge in [-0.25, -0.2) is 0 Å². The van der Waals surface area contributed by atoms with Crippen LogP contribution in [0.1, 0.15) is 30.9 Å². The molecule has 0 saturated carbocycles. The molecule has 22 heavy (non-hydrogen) atoms. The van der Waals surface area contributed by atoms with Crippen molar-refractivity contribution in [3.63, 3.8) is 0 Å². The van der Waals surface area contributed by atoms with Crippen LogP contribution in [-0.2, 0) is 12.8 Å². The molecule has 2 rings (SSSR count). The van der Waals surface area contributed by atoms with Crippen molar-refractivity contribution in [1.29, 1.82) is 0 Å². The Hall–Kier alpha value is -0.430. The molecule has 124 valence electrons. The molecule has 0 radical (unpaired) electrons. The second-order valence-electron chi connectivity index (χ2n) is 5.43. The van der Waals surface area contributed by atoms with Crippen LogP contribution in [0, 0.1) is 0 Å². The molecule has 1 aromatic carbocycles. The molecule has 0 spiro atoms. The zero-order valence-electron chi connectivity index (χ0n) is 13.6. The zero-order chi connectivity index (χ0) is 14.9. The van der Waals surface area contributed by atoms with E-state index in [0.717, 1.165) is 37.1 Å². The molecule has 0 bridgehead atoms. The van der Waals surface area contributed by atoms with Crippen molar-refractivity contribution in [2.45, 2.75) is 37.9 Å². The normalized spacial score (nSPS) is 17.9. The van der Waals surface area contributed by atoms with Crippen LogP contribution in [-0.4, -0.2) is 37.1 Å². The molecule has 0 amide bonds. The second-order valence-corrected chi connectivity index (χ2v) is 6.84. The summed E-state index contributed by atoms with van der Waals surface area (Å²) in [5.74, 6) is 2.24. The standard InChI is InChI=1S/C17H27N3S.HI/c1-3-14-6-8-15(9-7-14)10-11-19-17(18-2)20-13-16-5-4-12-21-16;/h6-9,16H,3-5,10-13H2,1-2H3,(H2,18,19,20);1H. The number of rotatable bonds is 6. The highest BCUT2D eigenvalue weighted by molar-refractivity contribution is 14.0. The Morgan fingerprint density at radius 2 is 1.95 bits per heavy atom. The van der Waals surface area contributed by atoms with Gasteiger partial charge < -0.3 is 10.6 Å². The SMILES string of the molecule is CCc1ccc(CCNC(=NC)NCC2CCCS2)cc1.I. The average Bonchev–Trinajstić information content (AvgIpc) is 3.04. The van der Waals surface area contributed by atoms with Gasteiger partial charge in [0.1, 0.15) is 0 Å². The van der Waals surface area contributed by atoms with E-state index in [1.165, 1.54) is 29.7 Å². The smallest absolute Gasteiger partial charge is 0.191 e. The molecular weight excluding hydrogens is 405 g/mol. The van der Waals surface area contributed by atoms with Crippen molar-refractivity contribution in [2.24, 2.45) is 4.99 Å². The van der Waals surface area contributed by atoms with E-state index < -0.39 is 0 Å². The lowest BCUT2D eigenvalue weighted by Gasteiger charge is -2.14. The molecule has 1 heterocycles. The van der Waals surface area contributed by atoms with Crippen molar-refractivity contribution in [2.75, 3.05) is 25.9 Å². The fraction of sp³-hybridized carbons (Fsp3) is 0.588. The van der Waals surface area contributed by atoms with E-state index in [1.807, 2.05) is 7.05 Å². The lowest BCUT2D eigenvalue weighted by atomic mass is 10.1. The van der Waals surface area contributed by atoms with Crippen LogP contribution in [0.3, 0.4) is 0 Å². The second kappa shape index (κ2) is 11.2. The molecule has 1 saturated heterocycles. The Bertz CT molecular complexity index is 442. The minimum Gasteiger partial charge on any atom is -0.356 e. The summed E-state index contributed by atoms with van der Waals surface area (Å²) in [6.07, 6.45) is 4.83. The van der Waals surface area contributed by atoms with E-state index in [4.69, 9.17) is 0 Å². The highest BCUT2D eigenvalue weighted by Crippen LogP contribution is 2.25. The van der Waals surface area contributed by atoms with Gasteiger partial charge in [-0.3, -0.25) is 4.99 Å². The van der Waals surface area contributed by atoms with Crippen molar-refractivity contribution < 1.29 is 0 Å². The monoisotopic (exact) mass is 433 g/mol. The number of hydrogen-bond donors (Lipinski definition) is 2. The number of benzene rings is 1. The number of halogens is 1. The number of thioether (sulfide) groups is 1. The minimum atomic E-state index is 0. The summed E-state index contributed by atoms with van der Waals surface area (Å²) in [6, 6.07) is 8.90. The highest BCUT2D eigenvalue weighted by Gasteiger charge is 2.15. The van der Waals surface area contributed by atoms with Crippen LogP contribution >= 0.6 is 35.7 Å². The first kappa shape index (κ1) is 19.6. The van der Waals surface area contributed by atoms with Gasteiger partial charge in [0.2, 0.25) is 0 Å². The number of guanidine groups is 1. The third-order valence-corrected chi connectivity index (χ3v) is 5.28. The fourth-order valence-electron chi connectivity index (χ4n) is 2.50. The van der Waals surface area contributed by atoms with Crippen LogP contribution in [0.25, 0.3) is 0 Å². The summed E-state index contributed by atoms with van der Waals surface area (Å²) >= 11 is 2.07. The van der Waals surface area contributed by atoms with Crippen LogP contribution in [0.5, 0.6) is 0 Å². The lowest BCUT2D eigenvalue weighted by Crippen LogP contribution is -2.40.